The first-order chi connectivity index (χ1) is 10.2. The molecule has 0 saturated carbocycles. The summed E-state index contributed by atoms with van der Waals surface area (Å²) in [5, 5.41) is 18.5. The molecule has 0 aliphatic rings. The maximum absolute atomic E-state index is 11.9. The Morgan fingerprint density at radius 2 is 1.71 bits per heavy atom. The van der Waals surface area contributed by atoms with Gasteiger partial charge in [-0.25, -0.2) is 0 Å². The van der Waals surface area contributed by atoms with Gasteiger partial charge in [0.1, 0.15) is 0 Å². The number of hydrogen-bond donors (Lipinski definition) is 1. The van der Waals surface area contributed by atoms with Crippen molar-refractivity contribution >= 4 is 22.5 Å². The third-order valence-corrected chi connectivity index (χ3v) is 3.31. The van der Waals surface area contributed by atoms with Crippen molar-refractivity contribution in [2.75, 3.05) is 0 Å². The molecule has 1 heterocycles. The van der Waals surface area contributed by atoms with E-state index in [1.165, 1.54) is 0 Å². The summed E-state index contributed by atoms with van der Waals surface area (Å²) in [6.07, 6.45) is 0. The summed E-state index contributed by atoms with van der Waals surface area (Å²) in [5.41, 5.74) is 1.59. The van der Waals surface area contributed by atoms with E-state index in [0.717, 1.165) is 10.9 Å². The Kier molecular flexibility index (Phi) is 3.23. The molecule has 2 aromatic carbocycles. The molecule has 5 heteroatoms. The van der Waals surface area contributed by atoms with Crippen molar-refractivity contribution in [3.63, 3.8) is 0 Å². The zero-order chi connectivity index (χ0) is 14.8. The minimum absolute atomic E-state index is 0.0131. The monoisotopic (exact) mass is 279 g/mol. The van der Waals surface area contributed by atoms with Crippen LogP contribution in [0.1, 0.15) is 10.4 Å². The maximum Gasteiger partial charge on any atom is 0.295 e. The number of nitrogens with zero attached hydrogens (tertiary/aromatic N) is 3. The average molecular weight is 279 g/mol. The molecule has 0 atom stereocenters. The van der Waals surface area contributed by atoms with E-state index in [4.69, 9.17) is 0 Å². The fourth-order valence-corrected chi connectivity index (χ4v) is 2.19. The van der Waals surface area contributed by atoms with Gasteiger partial charge in [0.25, 0.3) is 5.91 Å². The first-order valence-electron chi connectivity index (χ1n) is 6.46. The van der Waals surface area contributed by atoms with Crippen molar-refractivity contribution in [3.8, 4) is 5.88 Å². The molecule has 104 valence electrons. The number of aromatic nitrogens is 1. The van der Waals surface area contributed by atoms with Crippen LogP contribution in [0.25, 0.3) is 10.9 Å². The molecule has 0 saturated heterocycles. The summed E-state index contributed by atoms with van der Waals surface area (Å²) >= 11 is 0. The largest absolute Gasteiger partial charge is 0.493 e. The normalized spacial score (nSPS) is 11.3. The van der Waals surface area contributed by atoms with Crippen molar-refractivity contribution in [2.24, 2.45) is 17.3 Å². The second-order valence-corrected chi connectivity index (χ2v) is 4.62. The smallest absolute Gasteiger partial charge is 0.295 e. The summed E-state index contributed by atoms with van der Waals surface area (Å²) in [7, 11) is 1.73. The number of amides is 1. The highest BCUT2D eigenvalue weighted by Crippen LogP contribution is 2.37. The van der Waals surface area contributed by atoms with Gasteiger partial charge in [-0.15, -0.1) is 10.2 Å². The number of fused-ring (bicyclic) bond motifs is 1. The van der Waals surface area contributed by atoms with Crippen molar-refractivity contribution in [1.82, 2.24) is 4.57 Å². The van der Waals surface area contributed by atoms with E-state index in [1.807, 2.05) is 30.3 Å². The van der Waals surface area contributed by atoms with E-state index in [1.54, 1.807) is 35.9 Å². The Bertz CT molecular complexity index is 835. The van der Waals surface area contributed by atoms with Gasteiger partial charge in [0.05, 0.1) is 5.52 Å². The number of carbonyl (C=O) groups is 1. The Morgan fingerprint density at radius 1 is 1.05 bits per heavy atom. The number of aryl methyl sites for hydroxylation is 1. The summed E-state index contributed by atoms with van der Waals surface area (Å²) in [4.78, 5) is 11.9. The van der Waals surface area contributed by atoms with Crippen LogP contribution in [0.5, 0.6) is 5.88 Å². The summed E-state index contributed by atoms with van der Waals surface area (Å²) in [6, 6.07) is 16.1. The lowest BCUT2D eigenvalue weighted by atomic mass is 10.2. The van der Waals surface area contributed by atoms with Gasteiger partial charge < -0.3 is 9.67 Å². The number of hydrogen-bond acceptors (Lipinski definition) is 3. The van der Waals surface area contributed by atoms with Gasteiger partial charge >= 0.3 is 0 Å². The third kappa shape index (κ3) is 2.29. The minimum atomic E-state index is -0.442. The Labute approximate surface area is 121 Å². The lowest BCUT2D eigenvalue weighted by Crippen LogP contribution is -1.91. The van der Waals surface area contributed by atoms with E-state index in [9.17, 15) is 9.90 Å². The minimum Gasteiger partial charge on any atom is -0.493 e. The highest BCUT2D eigenvalue weighted by Gasteiger charge is 2.14. The number of para-hydroxylation sites is 1. The van der Waals surface area contributed by atoms with Gasteiger partial charge in [-0.2, -0.15) is 0 Å². The molecule has 5 nitrogen and oxygen atoms in total. The summed E-state index contributed by atoms with van der Waals surface area (Å²) in [6.45, 7) is 0. The topological polar surface area (TPSA) is 66.9 Å². The lowest BCUT2D eigenvalue weighted by Gasteiger charge is -1.95. The lowest BCUT2D eigenvalue weighted by molar-refractivity contribution is 0.0995. The molecule has 3 rings (SSSR count). The standard InChI is InChI=1S/C16H13N3O2/c1-19-13-10-6-5-9-12(13)14(16(19)21)17-18-15(20)11-7-3-2-4-8-11/h2-10,21H,1H3. The zero-order valence-corrected chi connectivity index (χ0v) is 11.4. The predicted molar refractivity (Wildman–Crippen MR) is 79.9 cm³/mol. The molecule has 0 unspecified atom stereocenters. The Hall–Kier alpha value is -2.95. The number of aromatic hydroxyl groups is 1. The molecule has 3 aromatic rings. The molecule has 1 aromatic heterocycles. The van der Waals surface area contributed by atoms with Crippen LogP contribution in [-0.2, 0) is 7.05 Å². The molecule has 0 bridgehead atoms. The van der Waals surface area contributed by atoms with Gasteiger partial charge in [-0.1, -0.05) is 36.4 Å². The van der Waals surface area contributed by atoms with Crippen molar-refractivity contribution < 1.29 is 9.90 Å². The van der Waals surface area contributed by atoms with Crippen molar-refractivity contribution in [2.45, 2.75) is 0 Å². The molecule has 0 radical (unpaired) electrons. The molecule has 0 spiro atoms. The molecule has 0 aliphatic heterocycles. The van der Waals surface area contributed by atoms with Gasteiger partial charge in [-0.05, 0) is 18.2 Å². The first kappa shape index (κ1) is 13.1. The summed E-state index contributed by atoms with van der Waals surface area (Å²) in [5.74, 6) is -0.455. The number of benzene rings is 2. The second-order valence-electron chi connectivity index (χ2n) is 4.62. The number of carbonyl (C=O) groups excluding carboxylic acids is 1. The van der Waals surface area contributed by atoms with Gasteiger partial charge in [0.15, 0.2) is 5.69 Å². The first-order valence-corrected chi connectivity index (χ1v) is 6.46. The van der Waals surface area contributed by atoms with Crippen LogP contribution in [0.15, 0.2) is 64.8 Å². The highest BCUT2D eigenvalue weighted by atomic mass is 16.3. The van der Waals surface area contributed by atoms with Crippen molar-refractivity contribution in [1.29, 1.82) is 0 Å². The van der Waals surface area contributed by atoms with Crippen molar-refractivity contribution in [3.05, 3.63) is 60.2 Å². The third-order valence-electron chi connectivity index (χ3n) is 3.31. The molecular formula is C16H13N3O2. The molecule has 1 N–H and O–H groups in total. The predicted octanol–water partition coefficient (Wildman–Crippen LogP) is 3.81. The van der Waals surface area contributed by atoms with Gasteiger partial charge in [0, 0.05) is 18.0 Å². The van der Waals surface area contributed by atoms with Crippen LogP contribution in [0.4, 0.5) is 5.69 Å². The van der Waals surface area contributed by atoms with E-state index in [0.29, 0.717) is 11.3 Å². The van der Waals surface area contributed by atoms with Gasteiger partial charge in [0.2, 0.25) is 5.88 Å². The molecule has 0 aliphatic carbocycles. The highest BCUT2D eigenvalue weighted by molar-refractivity contribution is 5.97. The Morgan fingerprint density at radius 3 is 2.48 bits per heavy atom. The van der Waals surface area contributed by atoms with Crippen LogP contribution in [0, 0.1) is 0 Å². The fourth-order valence-electron chi connectivity index (χ4n) is 2.19. The second kappa shape index (κ2) is 5.20. The van der Waals surface area contributed by atoms with E-state index < -0.39 is 5.91 Å². The number of rotatable bonds is 2. The number of azo groups is 1. The van der Waals surface area contributed by atoms with E-state index in [-0.39, 0.29) is 5.88 Å². The average Bonchev–Trinajstić information content (AvgIpc) is 2.78. The zero-order valence-electron chi connectivity index (χ0n) is 11.4. The van der Waals surface area contributed by atoms with Crippen LogP contribution < -0.4 is 0 Å². The van der Waals surface area contributed by atoms with E-state index >= 15 is 0 Å². The van der Waals surface area contributed by atoms with Crippen LogP contribution in [-0.4, -0.2) is 15.6 Å². The van der Waals surface area contributed by atoms with Crippen LogP contribution in [0.3, 0.4) is 0 Å². The molecular weight excluding hydrogens is 266 g/mol. The van der Waals surface area contributed by atoms with Crippen LogP contribution >= 0.6 is 0 Å². The Balaban J connectivity index is 2.01. The van der Waals surface area contributed by atoms with E-state index in [2.05, 4.69) is 10.2 Å². The maximum atomic E-state index is 11.9. The van der Waals surface area contributed by atoms with Crippen LogP contribution in [0.2, 0.25) is 0 Å². The van der Waals surface area contributed by atoms with Gasteiger partial charge in [-0.3, -0.25) is 4.79 Å². The molecule has 21 heavy (non-hydrogen) atoms. The summed E-state index contributed by atoms with van der Waals surface area (Å²) < 4.78 is 1.61. The molecule has 0 fully saturated rings. The fraction of sp³-hybridized carbons (Fsp3) is 0.0625. The molecule has 1 amide bonds. The quantitative estimate of drug-likeness (QED) is 0.725. The SMILES string of the molecule is Cn1c(O)c(N=NC(=O)c2ccccc2)c2ccccc21.